The Bertz CT molecular complexity index is 1240. The van der Waals surface area contributed by atoms with Crippen LogP contribution in [0.15, 0.2) is 82.9 Å². The number of aryl methyl sites for hydroxylation is 2. The minimum absolute atomic E-state index is 0.0281. The van der Waals surface area contributed by atoms with Crippen molar-refractivity contribution in [1.29, 1.82) is 0 Å². The molecule has 3 aromatic rings. The third kappa shape index (κ3) is 3.62. The molecule has 32 heavy (non-hydrogen) atoms. The number of fused-ring (bicyclic) bond motifs is 1. The van der Waals surface area contributed by atoms with Gasteiger partial charge in [-0.25, -0.2) is 4.99 Å². The highest BCUT2D eigenvalue weighted by atomic mass is 32.2. The molecule has 0 aliphatic carbocycles. The molecule has 2 aliphatic rings. The maximum atomic E-state index is 11.6. The van der Waals surface area contributed by atoms with Crippen LogP contribution in [0.4, 0.5) is 17.1 Å². The molecular formula is C24H20N4O3S. The van der Waals surface area contributed by atoms with Crippen molar-refractivity contribution in [3.8, 4) is 0 Å². The molecule has 5 rings (SSSR count). The monoisotopic (exact) mass is 444 g/mol. The number of nitrogens with zero attached hydrogens (tertiary/aromatic N) is 4. The summed E-state index contributed by atoms with van der Waals surface area (Å²) in [6, 6.07) is 22.8. The molecule has 2 aliphatic heterocycles. The molecule has 1 fully saturated rings. The fraction of sp³-hybridized carbons (Fsp3) is 0.167. The van der Waals surface area contributed by atoms with Crippen LogP contribution in [0.3, 0.4) is 0 Å². The van der Waals surface area contributed by atoms with Crippen LogP contribution in [0.25, 0.3) is 0 Å². The molecule has 1 saturated heterocycles. The predicted octanol–water partition coefficient (Wildman–Crippen LogP) is 5.91. The lowest BCUT2D eigenvalue weighted by molar-refractivity contribution is -0.386. The van der Waals surface area contributed by atoms with Crippen LogP contribution < -0.4 is 4.90 Å². The van der Waals surface area contributed by atoms with Crippen LogP contribution in [0.1, 0.15) is 22.8 Å². The van der Waals surface area contributed by atoms with Crippen molar-refractivity contribution in [2.45, 2.75) is 25.2 Å². The number of nitro groups is 1. The van der Waals surface area contributed by atoms with Gasteiger partial charge in [0.05, 0.1) is 16.2 Å². The standard InChI is InChI=1S/C24H20N4O3S/c1-15-7-11-17(12-8-15)25-24-27(18-13-9-16(2)10-14-18)23-22(32-24)21(31-26-23)19-5-3-4-6-20(19)28(29)30/h3-14,21-22H,1-2H3. The number of para-hydroxylation sites is 1. The quantitative estimate of drug-likeness (QED) is 0.369. The molecule has 8 heteroatoms. The SMILES string of the molecule is Cc1ccc(N=C2SC3C(=NOC3c3ccccc3[N+](=O)[O-])N2c2ccc(C)cc2)cc1. The van der Waals surface area contributed by atoms with Gasteiger partial charge in [0.1, 0.15) is 5.25 Å². The van der Waals surface area contributed by atoms with Gasteiger partial charge in [-0.3, -0.25) is 15.0 Å². The van der Waals surface area contributed by atoms with Gasteiger partial charge in [-0.2, -0.15) is 0 Å². The zero-order valence-electron chi connectivity index (χ0n) is 17.5. The predicted molar refractivity (Wildman–Crippen MR) is 128 cm³/mol. The molecular weight excluding hydrogens is 424 g/mol. The molecule has 0 amide bonds. The van der Waals surface area contributed by atoms with E-state index in [2.05, 4.69) is 5.16 Å². The summed E-state index contributed by atoms with van der Waals surface area (Å²) in [5.74, 6) is 0.688. The minimum atomic E-state index is -0.574. The first kappa shape index (κ1) is 20.3. The number of anilines is 1. The minimum Gasteiger partial charge on any atom is -0.384 e. The Morgan fingerprint density at radius 2 is 1.66 bits per heavy atom. The second-order valence-corrected chi connectivity index (χ2v) is 8.84. The van der Waals surface area contributed by atoms with Crippen molar-refractivity contribution in [1.82, 2.24) is 0 Å². The molecule has 0 bridgehead atoms. The van der Waals surface area contributed by atoms with Crippen LogP contribution in [0.2, 0.25) is 0 Å². The maximum absolute atomic E-state index is 11.6. The summed E-state index contributed by atoms with van der Waals surface area (Å²) in [6.07, 6.45) is -0.574. The van der Waals surface area contributed by atoms with Crippen molar-refractivity contribution in [2.75, 3.05) is 4.90 Å². The molecule has 3 aromatic carbocycles. The lowest BCUT2D eigenvalue weighted by Gasteiger charge is -2.18. The molecule has 0 spiro atoms. The van der Waals surface area contributed by atoms with Gasteiger partial charge >= 0.3 is 0 Å². The average molecular weight is 445 g/mol. The number of oxime groups is 1. The first-order chi connectivity index (χ1) is 15.5. The van der Waals surface area contributed by atoms with E-state index in [0.717, 1.165) is 27.7 Å². The van der Waals surface area contributed by atoms with Gasteiger partial charge in [-0.15, -0.1) is 0 Å². The van der Waals surface area contributed by atoms with Crippen LogP contribution >= 0.6 is 11.8 Å². The highest BCUT2D eigenvalue weighted by Crippen LogP contribution is 2.46. The van der Waals surface area contributed by atoms with E-state index in [9.17, 15) is 10.1 Å². The Kier molecular flexibility index (Phi) is 5.14. The van der Waals surface area contributed by atoms with Gasteiger partial charge in [0, 0.05) is 11.8 Å². The van der Waals surface area contributed by atoms with E-state index in [1.54, 1.807) is 18.2 Å². The fourth-order valence-electron chi connectivity index (χ4n) is 3.76. The van der Waals surface area contributed by atoms with Gasteiger partial charge in [-0.1, -0.05) is 64.4 Å². The van der Waals surface area contributed by atoms with Crippen molar-refractivity contribution >= 4 is 39.8 Å². The highest BCUT2D eigenvalue weighted by molar-refractivity contribution is 8.16. The van der Waals surface area contributed by atoms with E-state index in [1.807, 2.05) is 67.3 Å². The van der Waals surface area contributed by atoms with E-state index < -0.39 is 6.10 Å². The fourth-order valence-corrected chi connectivity index (χ4v) is 5.02. The van der Waals surface area contributed by atoms with Crippen molar-refractivity contribution in [3.63, 3.8) is 0 Å². The summed E-state index contributed by atoms with van der Waals surface area (Å²) < 4.78 is 0. The molecule has 160 valence electrons. The van der Waals surface area contributed by atoms with Gasteiger partial charge in [-0.05, 0) is 44.2 Å². The number of aliphatic imine (C=N–C) groups is 1. The summed E-state index contributed by atoms with van der Waals surface area (Å²) in [7, 11) is 0. The number of hydrogen-bond acceptors (Lipinski definition) is 6. The van der Waals surface area contributed by atoms with Gasteiger partial charge in [0.25, 0.3) is 5.69 Å². The zero-order valence-corrected chi connectivity index (χ0v) is 18.3. The van der Waals surface area contributed by atoms with Crippen LogP contribution in [0.5, 0.6) is 0 Å². The van der Waals surface area contributed by atoms with E-state index in [4.69, 9.17) is 9.83 Å². The molecule has 0 aromatic heterocycles. The normalized spacial score (nSPS) is 20.8. The van der Waals surface area contributed by atoms with E-state index >= 15 is 0 Å². The van der Waals surface area contributed by atoms with Crippen molar-refractivity contribution < 1.29 is 9.76 Å². The van der Waals surface area contributed by atoms with E-state index in [0.29, 0.717) is 11.4 Å². The number of rotatable bonds is 4. The summed E-state index contributed by atoms with van der Waals surface area (Å²) in [4.78, 5) is 23.8. The maximum Gasteiger partial charge on any atom is 0.276 e. The van der Waals surface area contributed by atoms with Crippen LogP contribution in [-0.2, 0) is 4.84 Å². The molecule has 2 heterocycles. The summed E-state index contributed by atoms with van der Waals surface area (Å²) in [6.45, 7) is 4.07. The smallest absolute Gasteiger partial charge is 0.276 e. The first-order valence-corrected chi connectivity index (χ1v) is 11.0. The number of nitro benzene ring substituents is 1. The Labute approximate surface area is 189 Å². The van der Waals surface area contributed by atoms with Crippen LogP contribution in [0, 0.1) is 24.0 Å². The van der Waals surface area contributed by atoms with Crippen LogP contribution in [-0.4, -0.2) is 21.2 Å². The number of amidine groups is 2. The molecule has 7 nitrogen and oxygen atoms in total. The Hall–Kier alpha value is -3.65. The van der Waals surface area contributed by atoms with Gasteiger partial charge in [0.2, 0.25) is 0 Å². The summed E-state index contributed by atoms with van der Waals surface area (Å²) in [5.41, 5.74) is 4.60. The van der Waals surface area contributed by atoms with E-state index in [-0.39, 0.29) is 15.9 Å². The molecule has 0 radical (unpaired) electrons. The largest absolute Gasteiger partial charge is 0.384 e. The Morgan fingerprint density at radius 3 is 2.34 bits per heavy atom. The average Bonchev–Trinajstić information content (AvgIpc) is 3.35. The number of hydrogen-bond donors (Lipinski definition) is 0. The van der Waals surface area contributed by atoms with Crippen molar-refractivity contribution in [2.24, 2.45) is 10.1 Å². The molecule has 0 N–H and O–H groups in total. The van der Waals surface area contributed by atoms with Gasteiger partial charge < -0.3 is 4.84 Å². The van der Waals surface area contributed by atoms with E-state index in [1.165, 1.54) is 17.8 Å². The third-order valence-corrected chi connectivity index (χ3v) is 6.63. The zero-order chi connectivity index (χ0) is 22.2. The van der Waals surface area contributed by atoms with Gasteiger partial charge in [0.15, 0.2) is 17.1 Å². The molecule has 2 unspecified atom stereocenters. The third-order valence-electron chi connectivity index (χ3n) is 5.43. The lowest BCUT2D eigenvalue weighted by atomic mass is 10.0. The topological polar surface area (TPSA) is 80.3 Å². The highest BCUT2D eigenvalue weighted by Gasteiger charge is 2.49. The Morgan fingerprint density at radius 1 is 1.00 bits per heavy atom. The number of benzene rings is 3. The second-order valence-electron chi connectivity index (χ2n) is 7.73. The molecule has 2 atom stereocenters. The first-order valence-electron chi connectivity index (χ1n) is 10.2. The summed E-state index contributed by atoms with van der Waals surface area (Å²) in [5, 5.41) is 16.5. The number of thioether (sulfide) groups is 1. The second kappa shape index (κ2) is 8.12. The van der Waals surface area contributed by atoms with Crippen molar-refractivity contribution in [3.05, 3.63) is 99.6 Å². The summed E-state index contributed by atoms with van der Waals surface area (Å²) >= 11 is 1.51. The Balaban J connectivity index is 1.57. The lowest BCUT2D eigenvalue weighted by Crippen LogP contribution is -2.31. The molecule has 0 saturated carbocycles.